The molecule has 3 aliphatic heterocycles. The average molecular weight is 1450 g/mol. The van der Waals surface area contributed by atoms with Crippen molar-refractivity contribution in [3.05, 3.63) is 155 Å². The molecule has 0 spiro atoms. The van der Waals surface area contributed by atoms with Gasteiger partial charge >= 0.3 is 5.97 Å². The Morgan fingerprint density at radius 2 is 1.21 bits per heavy atom. The van der Waals surface area contributed by atoms with Crippen LogP contribution in [0.25, 0.3) is 21.8 Å². The van der Waals surface area contributed by atoms with E-state index >= 15 is 23.6 Å². The molecule has 3 aliphatic rings. The predicted molar refractivity (Wildman–Crippen MR) is 378 cm³/mol. The van der Waals surface area contributed by atoms with E-state index in [0.717, 1.165) is 11.6 Å². The number of carboxylic acid groups (broad SMARTS) is 1. The summed E-state index contributed by atoms with van der Waals surface area (Å²) in [5.74, 6) is -11.9. The first kappa shape index (κ1) is 77.6. The molecule has 10 rings (SSSR count). The number of ether oxygens (including phenoxy) is 1. The molecule has 1 saturated heterocycles. The van der Waals surface area contributed by atoms with Gasteiger partial charge < -0.3 is 88.6 Å². The molecular formula is C73H88F2N16O14. The molecule has 7 aromatic rings. The van der Waals surface area contributed by atoms with Gasteiger partial charge in [-0.1, -0.05) is 36.4 Å². The molecule has 0 radical (unpaired) electrons. The number of hydrogen-bond acceptors (Lipinski definition) is 15. The van der Waals surface area contributed by atoms with Crippen LogP contribution in [0.5, 0.6) is 5.75 Å². The molecule has 16 N–H and O–H groups in total. The second-order valence-electron chi connectivity index (χ2n) is 26.5. The first-order chi connectivity index (χ1) is 50.3. The van der Waals surface area contributed by atoms with E-state index in [9.17, 15) is 47.9 Å². The third-order valence-corrected chi connectivity index (χ3v) is 18.7. The van der Waals surface area contributed by atoms with Crippen molar-refractivity contribution in [3.8, 4) is 5.75 Å². The number of methoxy groups -OCH3 is 1. The van der Waals surface area contributed by atoms with Crippen LogP contribution in [-0.4, -0.2) is 182 Å². The first-order valence-electron chi connectivity index (χ1n) is 34.6. The quantitative estimate of drug-likeness (QED) is 0.0483. The third-order valence-electron chi connectivity index (χ3n) is 18.7. The number of nitrogens with one attached hydrogen (secondary N) is 13. The molecular weight excluding hydrogens is 1360 g/mol. The van der Waals surface area contributed by atoms with Crippen molar-refractivity contribution in [1.82, 2.24) is 78.0 Å². The number of benzene rings is 4. The average Bonchev–Trinajstić information content (AvgIpc) is 1.69. The van der Waals surface area contributed by atoms with Crippen LogP contribution in [0.3, 0.4) is 0 Å². The molecule has 9 atom stereocenters. The maximum Gasteiger partial charge on any atom is 0.305 e. The Morgan fingerprint density at radius 1 is 0.648 bits per heavy atom. The summed E-state index contributed by atoms with van der Waals surface area (Å²) in [5, 5.41) is 37.5. The van der Waals surface area contributed by atoms with Gasteiger partial charge in [0, 0.05) is 105 Å². The number of imidazole rings is 1. The standard InChI is InChI=1S/C73H88F2N16O14/c1-40-64(96)86-57(29-45-36-79-53-19-15-47(74)31-51(45)53)67(99)87-58(30-46-37-80-54-20-16-48(75)32-52(46)54)68(100)89-60(34-63(94)95)70(102)88-59(33-49-38-77-39-82-49)69(101)90-61(28-43-13-17-50(105-4)18-14-43)71(103)91-27-7-24-73(91,3)72(104)78-26-23-42-9-11-44(12-10-42)35-81-62(93)22-21-56(84-41(2)92)66(98)85-55(65(97)83-40)8-5-6-25-76/h9-20,31-32,36-40,55-61,79-80H,5-8,21-30,33-35,76H2,1-4H3,(H,77,82)(H,78,104)(H,81,93)(H,83,97)(H,84,92)(H,85,98)(H,86,96)(H,87,99)(H,88,102)(H,89,100)(H,90,101)(H,94,95)/t40-,55+,56+,57+,58+,59+,60+,61+,73+/m1/s1. The Labute approximate surface area is 602 Å². The third kappa shape index (κ3) is 21.1. The number of amides is 11. The Hall–Kier alpha value is -11.6. The molecule has 11 amide bonds. The molecule has 0 saturated carbocycles. The number of carboxylic acids is 1. The minimum absolute atomic E-state index is 0.0125. The van der Waals surface area contributed by atoms with E-state index in [0.29, 0.717) is 53.6 Å². The fraction of sp³-hybridized carbons (Fsp3) is 0.411. The van der Waals surface area contributed by atoms with E-state index in [4.69, 9.17) is 10.5 Å². The largest absolute Gasteiger partial charge is 0.497 e. The molecule has 0 aliphatic carbocycles. The highest BCUT2D eigenvalue weighted by atomic mass is 19.1. The van der Waals surface area contributed by atoms with E-state index in [2.05, 4.69) is 73.1 Å². The number of nitrogens with zero attached hydrogens (tertiary/aromatic N) is 2. The molecule has 6 heterocycles. The molecule has 558 valence electrons. The van der Waals surface area contributed by atoms with Crippen molar-refractivity contribution in [2.24, 2.45) is 5.73 Å². The number of fused-ring (bicyclic) bond motifs is 34. The van der Waals surface area contributed by atoms with Gasteiger partial charge in [0.15, 0.2) is 0 Å². The van der Waals surface area contributed by atoms with Crippen molar-refractivity contribution in [3.63, 3.8) is 0 Å². The molecule has 3 aromatic heterocycles. The van der Waals surface area contributed by atoms with Crippen molar-refractivity contribution in [2.75, 3.05) is 26.7 Å². The Balaban J connectivity index is 1.07. The molecule has 105 heavy (non-hydrogen) atoms. The van der Waals surface area contributed by atoms with Crippen LogP contribution in [0.15, 0.2) is 110 Å². The molecule has 2 bridgehead atoms. The summed E-state index contributed by atoms with van der Waals surface area (Å²) < 4.78 is 35.4. The highest BCUT2D eigenvalue weighted by molar-refractivity contribution is 6.01. The highest BCUT2D eigenvalue weighted by Crippen LogP contribution is 2.31. The summed E-state index contributed by atoms with van der Waals surface area (Å²) in [4.78, 5) is 186. The SMILES string of the molecule is COc1ccc(C[C@@H]2NC(=O)[C@H](Cc3cnc[nH]3)NC(=O)[C@H](CC(=O)O)NC(=O)[C@H](Cc3c[nH]c4ccc(F)cc34)NC(=O)[C@H](Cc3c[nH]c4ccc(F)cc34)NC(=O)[C@@H](C)NC(=O)[C@H](CCCCN)NC(=O)[C@@H](NC(C)=O)CCC(=O)NCc3ccc(cc3)CCNC(=O)[C@]3(C)CCCN3C2=O)cc1. The van der Waals surface area contributed by atoms with Gasteiger partial charge in [-0.3, -0.25) is 57.5 Å². The normalized spacial score (nSPS) is 22.9. The topological polar surface area (TPSA) is 444 Å². The zero-order valence-electron chi connectivity index (χ0n) is 58.5. The molecule has 1 fully saturated rings. The van der Waals surface area contributed by atoms with E-state index in [-0.39, 0.29) is 92.3 Å². The van der Waals surface area contributed by atoms with Gasteiger partial charge in [-0.25, -0.2) is 13.8 Å². The second kappa shape index (κ2) is 36.0. The van der Waals surface area contributed by atoms with Crippen LogP contribution in [0, 0.1) is 11.6 Å². The predicted octanol–water partition coefficient (Wildman–Crippen LogP) is 1.60. The Bertz CT molecular complexity index is 4300. The molecule has 30 nitrogen and oxygen atoms in total. The summed E-state index contributed by atoms with van der Waals surface area (Å²) in [7, 11) is 1.47. The molecule has 32 heteroatoms. The van der Waals surface area contributed by atoms with Gasteiger partial charge in [0.25, 0.3) is 0 Å². The van der Waals surface area contributed by atoms with Crippen LogP contribution < -0.4 is 63.6 Å². The van der Waals surface area contributed by atoms with E-state index < -0.39 is 156 Å². The summed E-state index contributed by atoms with van der Waals surface area (Å²) in [6.45, 7) is 4.63. The lowest BCUT2D eigenvalue weighted by Gasteiger charge is -2.36. The lowest BCUT2D eigenvalue weighted by atomic mass is 9.95. The number of aromatic amines is 3. The number of carbonyl (C=O) groups excluding carboxylic acids is 11. The Morgan fingerprint density at radius 3 is 1.79 bits per heavy atom. The number of aliphatic carboxylic acids is 1. The Kier molecular flexibility index (Phi) is 26.6. The fourth-order valence-electron chi connectivity index (χ4n) is 12.9. The summed E-state index contributed by atoms with van der Waals surface area (Å²) in [6, 6.07) is 8.62. The monoisotopic (exact) mass is 1450 g/mol. The maximum atomic E-state index is 15.2. The zero-order chi connectivity index (χ0) is 75.5. The molecule has 0 unspecified atom stereocenters. The van der Waals surface area contributed by atoms with Crippen LogP contribution in [0.1, 0.15) is 106 Å². The molecule has 4 aromatic carbocycles. The number of aromatic nitrogens is 4. The number of nitrogens with two attached hydrogens (primary N) is 1. The maximum absolute atomic E-state index is 15.2. The smallest absolute Gasteiger partial charge is 0.305 e. The summed E-state index contributed by atoms with van der Waals surface area (Å²) in [5.41, 5.74) is 8.07. The van der Waals surface area contributed by atoms with Gasteiger partial charge in [0.1, 0.15) is 71.3 Å². The van der Waals surface area contributed by atoms with Gasteiger partial charge in [-0.15, -0.1) is 0 Å². The lowest BCUT2D eigenvalue weighted by molar-refractivity contribution is -0.146. The second-order valence-corrected chi connectivity index (χ2v) is 26.5. The van der Waals surface area contributed by atoms with Crippen molar-refractivity contribution < 1.29 is 76.2 Å². The fourth-order valence-corrected chi connectivity index (χ4v) is 12.9. The number of rotatable bonds is 16. The number of hydrogen-bond donors (Lipinski definition) is 15. The summed E-state index contributed by atoms with van der Waals surface area (Å²) in [6.07, 6.45) is 4.27. The van der Waals surface area contributed by atoms with Gasteiger partial charge in [0.2, 0.25) is 65.0 Å². The highest BCUT2D eigenvalue weighted by Gasteiger charge is 2.48. The van der Waals surface area contributed by atoms with Crippen LogP contribution in [0.4, 0.5) is 8.78 Å². The number of unbranched alkanes of at least 4 members (excludes halogenated alkanes) is 1. The van der Waals surface area contributed by atoms with Crippen LogP contribution in [0.2, 0.25) is 0 Å². The van der Waals surface area contributed by atoms with Gasteiger partial charge in [-0.2, -0.15) is 0 Å². The van der Waals surface area contributed by atoms with E-state index in [1.165, 1.54) is 81.1 Å². The van der Waals surface area contributed by atoms with Crippen molar-refractivity contribution in [1.29, 1.82) is 0 Å². The van der Waals surface area contributed by atoms with Crippen LogP contribution >= 0.6 is 0 Å². The van der Waals surface area contributed by atoms with E-state index in [1.807, 2.05) is 12.1 Å². The summed E-state index contributed by atoms with van der Waals surface area (Å²) >= 11 is 0. The van der Waals surface area contributed by atoms with Gasteiger partial charge in [-0.05, 0) is 142 Å². The van der Waals surface area contributed by atoms with E-state index in [1.54, 1.807) is 43.3 Å². The zero-order valence-corrected chi connectivity index (χ0v) is 58.5. The first-order valence-corrected chi connectivity index (χ1v) is 34.6. The van der Waals surface area contributed by atoms with Crippen LogP contribution in [-0.2, 0) is 96.2 Å². The van der Waals surface area contributed by atoms with Gasteiger partial charge in [0.05, 0.1) is 19.9 Å². The van der Waals surface area contributed by atoms with Crippen molar-refractivity contribution >= 4 is 92.8 Å². The minimum Gasteiger partial charge on any atom is -0.497 e. The van der Waals surface area contributed by atoms with Crippen molar-refractivity contribution in [2.45, 2.75) is 165 Å². The number of halogens is 2. The lowest BCUT2D eigenvalue weighted by Crippen LogP contribution is -2.62. The minimum atomic E-state index is -2.04. The number of carbonyl (C=O) groups is 12. The number of H-pyrrole nitrogens is 3.